The third-order valence-corrected chi connectivity index (χ3v) is 4.38. The predicted molar refractivity (Wildman–Crippen MR) is 73.4 cm³/mol. The van der Waals surface area contributed by atoms with Crippen LogP contribution < -0.4 is 5.73 Å². The van der Waals surface area contributed by atoms with Crippen LogP contribution in [0.5, 0.6) is 0 Å². The third kappa shape index (κ3) is 1.53. The summed E-state index contributed by atoms with van der Waals surface area (Å²) < 4.78 is 2.33. The second kappa shape index (κ2) is 3.50. The largest absolute Gasteiger partial charge is 0.369 e. The lowest BCUT2D eigenvalue weighted by Crippen LogP contribution is -2.15. The molecule has 2 saturated carbocycles. The molecule has 0 saturated heterocycles. The lowest BCUT2D eigenvalue weighted by molar-refractivity contribution is 0.409. The van der Waals surface area contributed by atoms with E-state index in [4.69, 9.17) is 5.73 Å². The summed E-state index contributed by atoms with van der Waals surface area (Å²) in [6, 6.07) is 7.05. The Labute approximate surface area is 107 Å². The van der Waals surface area contributed by atoms with Gasteiger partial charge in [0.15, 0.2) is 0 Å². The molecule has 2 aliphatic carbocycles. The van der Waals surface area contributed by atoms with Crippen molar-refractivity contribution in [1.82, 2.24) is 9.55 Å². The van der Waals surface area contributed by atoms with Crippen molar-refractivity contribution in [3.05, 3.63) is 23.8 Å². The van der Waals surface area contributed by atoms with Crippen molar-refractivity contribution in [2.24, 2.45) is 11.8 Å². The van der Waals surface area contributed by atoms with E-state index in [1.165, 1.54) is 36.8 Å². The SMILES string of the molecule is Cc1ccc2nc(N)n(C(C3CC3)C3CC3)c2c1. The lowest BCUT2D eigenvalue weighted by atomic mass is 10.1. The lowest BCUT2D eigenvalue weighted by Gasteiger charge is -2.20. The highest BCUT2D eigenvalue weighted by Gasteiger charge is 2.43. The van der Waals surface area contributed by atoms with E-state index in [0.717, 1.165) is 17.4 Å². The first kappa shape index (κ1) is 10.4. The Balaban J connectivity index is 1.91. The smallest absolute Gasteiger partial charge is 0.201 e. The molecule has 0 aliphatic heterocycles. The van der Waals surface area contributed by atoms with E-state index in [2.05, 4.69) is 34.7 Å². The van der Waals surface area contributed by atoms with E-state index in [9.17, 15) is 0 Å². The minimum atomic E-state index is 0.608. The number of aromatic nitrogens is 2. The molecule has 2 aromatic rings. The van der Waals surface area contributed by atoms with Crippen LogP contribution in [0.1, 0.15) is 37.3 Å². The summed E-state index contributed by atoms with van der Waals surface area (Å²) in [5.41, 5.74) is 9.75. The molecule has 2 fully saturated rings. The highest BCUT2D eigenvalue weighted by atomic mass is 15.2. The van der Waals surface area contributed by atoms with E-state index >= 15 is 0 Å². The molecule has 2 aliphatic rings. The molecule has 0 unspecified atom stereocenters. The second-order valence-electron chi connectivity index (χ2n) is 6.00. The number of anilines is 1. The van der Waals surface area contributed by atoms with Gasteiger partial charge in [-0.2, -0.15) is 0 Å². The van der Waals surface area contributed by atoms with Crippen molar-refractivity contribution in [3.63, 3.8) is 0 Å². The number of aryl methyl sites for hydroxylation is 1. The molecule has 1 aromatic heterocycles. The van der Waals surface area contributed by atoms with Crippen molar-refractivity contribution in [3.8, 4) is 0 Å². The van der Waals surface area contributed by atoms with Gasteiger partial charge in [-0.05, 0) is 62.1 Å². The van der Waals surface area contributed by atoms with Crippen LogP contribution in [0.25, 0.3) is 11.0 Å². The normalized spacial score (nSPS) is 19.9. The molecular weight excluding hydrogens is 222 g/mol. The van der Waals surface area contributed by atoms with Crippen molar-refractivity contribution < 1.29 is 0 Å². The van der Waals surface area contributed by atoms with E-state index in [1.807, 2.05) is 0 Å². The van der Waals surface area contributed by atoms with Gasteiger partial charge in [0.05, 0.1) is 11.0 Å². The molecular formula is C15H19N3. The minimum absolute atomic E-state index is 0.608. The number of fused-ring (bicyclic) bond motifs is 1. The fourth-order valence-corrected chi connectivity index (χ4v) is 3.22. The summed E-state index contributed by atoms with van der Waals surface area (Å²) in [5.74, 6) is 2.40. The number of nitrogens with zero attached hydrogens (tertiary/aromatic N) is 2. The maximum absolute atomic E-state index is 6.19. The molecule has 1 heterocycles. The van der Waals surface area contributed by atoms with E-state index < -0.39 is 0 Å². The van der Waals surface area contributed by atoms with Crippen LogP contribution in [0, 0.1) is 18.8 Å². The van der Waals surface area contributed by atoms with Gasteiger partial charge in [-0.15, -0.1) is 0 Å². The molecule has 0 bridgehead atoms. The number of nitrogens with two attached hydrogens (primary N) is 1. The Morgan fingerprint density at radius 2 is 1.89 bits per heavy atom. The van der Waals surface area contributed by atoms with Gasteiger partial charge in [0.25, 0.3) is 0 Å². The summed E-state index contributed by atoms with van der Waals surface area (Å²) in [4.78, 5) is 4.54. The molecule has 0 atom stereocenters. The van der Waals surface area contributed by atoms with Gasteiger partial charge in [0, 0.05) is 6.04 Å². The van der Waals surface area contributed by atoms with Gasteiger partial charge < -0.3 is 10.3 Å². The number of nitrogen functional groups attached to an aromatic ring is 1. The first-order valence-electron chi connectivity index (χ1n) is 6.98. The van der Waals surface area contributed by atoms with Gasteiger partial charge in [-0.25, -0.2) is 4.98 Å². The Morgan fingerprint density at radius 1 is 1.22 bits per heavy atom. The Bertz CT molecular complexity index is 593. The van der Waals surface area contributed by atoms with Crippen molar-refractivity contribution in [1.29, 1.82) is 0 Å². The van der Waals surface area contributed by atoms with Crippen LogP contribution in [0.3, 0.4) is 0 Å². The number of imidazole rings is 1. The average molecular weight is 241 g/mol. The fourth-order valence-electron chi connectivity index (χ4n) is 3.22. The van der Waals surface area contributed by atoms with Gasteiger partial charge in [0.1, 0.15) is 0 Å². The fraction of sp³-hybridized carbons (Fsp3) is 0.533. The zero-order valence-corrected chi connectivity index (χ0v) is 10.8. The van der Waals surface area contributed by atoms with E-state index in [0.29, 0.717) is 12.0 Å². The zero-order chi connectivity index (χ0) is 12.3. The first-order chi connectivity index (χ1) is 8.74. The summed E-state index contributed by atoms with van der Waals surface area (Å²) in [5, 5.41) is 0. The Kier molecular flexibility index (Phi) is 2.02. The quantitative estimate of drug-likeness (QED) is 0.896. The van der Waals surface area contributed by atoms with Gasteiger partial charge in [-0.1, -0.05) is 6.07 Å². The highest BCUT2D eigenvalue weighted by molar-refractivity contribution is 5.79. The average Bonchev–Trinajstić information content (AvgIpc) is 3.22. The molecule has 0 radical (unpaired) electrons. The van der Waals surface area contributed by atoms with E-state index in [1.54, 1.807) is 0 Å². The van der Waals surface area contributed by atoms with Crippen molar-refractivity contribution >= 4 is 17.0 Å². The predicted octanol–water partition coefficient (Wildman–Crippen LogP) is 3.29. The maximum Gasteiger partial charge on any atom is 0.201 e. The Hall–Kier alpha value is -1.51. The number of benzene rings is 1. The summed E-state index contributed by atoms with van der Waals surface area (Å²) in [6.07, 6.45) is 5.47. The standard InChI is InChI=1S/C15H19N3/c1-9-2-7-12-13(8-9)18(15(16)17-12)14(10-3-4-10)11-5-6-11/h2,7-8,10-11,14H,3-6H2,1H3,(H2,16,17). The van der Waals surface area contributed by atoms with Crippen LogP contribution >= 0.6 is 0 Å². The van der Waals surface area contributed by atoms with Crippen LogP contribution in [0.2, 0.25) is 0 Å². The van der Waals surface area contributed by atoms with Gasteiger partial charge in [0.2, 0.25) is 5.95 Å². The zero-order valence-electron chi connectivity index (χ0n) is 10.8. The van der Waals surface area contributed by atoms with Crippen LogP contribution in [-0.2, 0) is 0 Å². The van der Waals surface area contributed by atoms with Crippen LogP contribution in [-0.4, -0.2) is 9.55 Å². The molecule has 3 heteroatoms. The van der Waals surface area contributed by atoms with Crippen LogP contribution in [0.4, 0.5) is 5.95 Å². The topological polar surface area (TPSA) is 43.8 Å². The number of rotatable bonds is 3. The third-order valence-electron chi connectivity index (χ3n) is 4.38. The Morgan fingerprint density at radius 3 is 2.50 bits per heavy atom. The molecule has 4 rings (SSSR count). The second-order valence-corrected chi connectivity index (χ2v) is 6.00. The minimum Gasteiger partial charge on any atom is -0.369 e. The number of hydrogen-bond acceptors (Lipinski definition) is 2. The number of hydrogen-bond donors (Lipinski definition) is 1. The monoisotopic (exact) mass is 241 g/mol. The van der Waals surface area contributed by atoms with Gasteiger partial charge >= 0.3 is 0 Å². The molecule has 0 amide bonds. The summed E-state index contributed by atoms with van der Waals surface area (Å²) in [7, 11) is 0. The first-order valence-corrected chi connectivity index (χ1v) is 6.98. The van der Waals surface area contributed by atoms with Crippen molar-refractivity contribution in [2.75, 3.05) is 5.73 Å². The highest BCUT2D eigenvalue weighted by Crippen LogP contribution is 2.53. The molecule has 3 nitrogen and oxygen atoms in total. The summed E-state index contributed by atoms with van der Waals surface area (Å²) in [6.45, 7) is 2.14. The van der Waals surface area contributed by atoms with E-state index in [-0.39, 0.29) is 0 Å². The molecule has 1 aromatic carbocycles. The summed E-state index contributed by atoms with van der Waals surface area (Å²) >= 11 is 0. The molecule has 2 N–H and O–H groups in total. The van der Waals surface area contributed by atoms with Crippen LogP contribution in [0.15, 0.2) is 18.2 Å². The van der Waals surface area contributed by atoms with Gasteiger partial charge in [-0.3, -0.25) is 0 Å². The maximum atomic E-state index is 6.19. The molecule has 94 valence electrons. The molecule has 18 heavy (non-hydrogen) atoms. The van der Waals surface area contributed by atoms with Crippen molar-refractivity contribution in [2.45, 2.75) is 38.6 Å². The molecule has 0 spiro atoms.